The van der Waals surface area contributed by atoms with Gasteiger partial charge in [0.1, 0.15) is 5.75 Å². The van der Waals surface area contributed by atoms with Gasteiger partial charge in [-0.05, 0) is 25.2 Å². The van der Waals surface area contributed by atoms with Crippen LogP contribution in [0.5, 0.6) is 5.75 Å². The number of methoxy groups -OCH3 is 1. The molecule has 6 nitrogen and oxygen atoms in total. The van der Waals surface area contributed by atoms with E-state index in [4.69, 9.17) is 10.5 Å². The molecule has 1 aromatic rings. The van der Waals surface area contributed by atoms with Crippen molar-refractivity contribution in [1.29, 1.82) is 0 Å². The second-order valence-corrected chi connectivity index (χ2v) is 5.35. The van der Waals surface area contributed by atoms with Gasteiger partial charge < -0.3 is 20.7 Å². The molecule has 2 rings (SSSR count). The van der Waals surface area contributed by atoms with Gasteiger partial charge in [-0.2, -0.15) is 0 Å². The molecule has 0 unspecified atom stereocenters. The number of hydrogen-bond donors (Lipinski definition) is 2. The summed E-state index contributed by atoms with van der Waals surface area (Å²) >= 11 is 0. The molecule has 1 heterocycles. The summed E-state index contributed by atoms with van der Waals surface area (Å²) in [5.41, 5.74) is 6.77. The average molecular weight is 292 g/mol. The Morgan fingerprint density at radius 1 is 1.33 bits per heavy atom. The van der Waals surface area contributed by atoms with Crippen LogP contribution >= 0.6 is 0 Å². The van der Waals surface area contributed by atoms with Crippen molar-refractivity contribution >= 4 is 11.6 Å². The van der Waals surface area contributed by atoms with Crippen LogP contribution in [0.3, 0.4) is 0 Å². The maximum atomic E-state index is 12.2. The molecule has 1 aliphatic heterocycles. The monoisotopic (exact) mass is 292 g/mol. The molecule has 1 fully saturated rings. The van der Waals surface area contributed by atoms with Crippen molar-refractivity contribution in [3.63, 3.8) is 0 Å². The maximum Gasteiger partial charge on any atom is 0.253 e. The van der Waals surface area contributed by atoms with Crippen molar-refractivity contribution in [2.75, 3.05) is 59.2 Å². The molecule has 0 atom stereocenters. The highest BCUT2D eigenvalue weighted by molar-refractivity contribution is 5.99. The number of anilines is 1. The zero-order valence-corrected chi connectivity index (χ0v) is 12.8. The zero-order chi connectivity index (χ0) is 15.2. The number of likely N-dealkylation sites (N-methyl/N-ethyl adjacent to an activating group) is 1. The van der Waals surface area contributed by atoms with E-state index in [0.29, 0.717) is 23.5 Å². The van der Waals surface area contributed by atoms with Gasteiger partial charge in [-0.1, -0.05) is 0 Å². The Morgan fingerprint density at radius 3 is 2.71 bits per heavy atom. The zero-order valence-electron chi connectivity index (χ0n) is 12.8. The largest absolute Gasteiger partial charge is 0.497 e. The molecule has 1 saturated heterocycles. The molecule has 116 valence electrons. The fourth-order valence-electron chi connectivity index (χ4n) is 2.35. The first-order valence-electron chi connectivity index (χ1n) is 7.23. The third-order valence-corrected chi connectivity index (χ3v) is 3.81. The van der Waals surface area contributed by atoms with Crippen LogP contribution in [0.15, 0.2) is 18.2 Å². The number of piperazine rings is 1. The number of hydrogen-bond acceptors (Lipinski definition) is 5. The number of carbonyl (C=O) groups is 1. The molecule has 1 aromatic carbocycles. The maximum absolute atomic E-state index is 12.2. The van der Waals surface area contributed by atoms with Gasteiger partial charge in [-0.15, -0.1) is 0 Å². The minimum atomic E-state index is -0.152. The van der Waals surface area contributed by atoms with Crippen molar-refractivity contribution in [3.05, 3.63) is 23.8 Å². The average Bonchev–Trinajstić information content (AvgIpc) is 2.49. The highest BCUT2D eigenvalue weighted by Crippen LogP contribution is 2.19. The summed E-state index contributed by atoms with van der Waals surface area (Å²) in [4.78, 5) is 16.8. The standard InChI is InChI=1S/C15H24N4O2/c1-18-7-9-19(10-8-18)6-5-17-15(20)13-11-12(21-2)3-4-14(13)16/h3-4,11H,5-10,16H2,1-2H3,(H,17,20). The minimum absolute atomic E-state index is 0.152. The third kappa shape index (κ3) is 4.34. The first kappa shape index (κ1) is 15.6. The van der Waals surface area contributed by atoms with Gasteiger partial charge >= 0.3 is 0 Å². The Balaban J connectivity index is 1.82. The van der Waals surface area contributed by atoms with Crippen LogP contribution in [-0.2, 0) is 0 Å². The number of nitrogens with two attached hydrogens (primary N) is 1. The second-order valence-electron chi connectivity index (χ2n) is 5.35. The molecule has 1 amide bonds. The molecule has 6 heteroatoms. The highest BCUT2D eigenvalue weighted by atomic mass is 16.5. The van der Waals surface area contributed by atoms with E-state index in [0.717, 1.165) is 32.7 Å². The summed E-state index contributed by atoms with van der Waals surface area (Å²) in [6.45, 7) is 5.75. The van der Waals surface area contributed by atoms with E-state index in [1.54, 1.807) is 25.3 Å². The van der Waals surface area contributed by atoms with Crippen LogP contribution in [0.4, 0.5) is 5.69 Å². The molecule has 1 aliphatic rings. The van der Waals surface area contributed by atoms with Gasteiger partial charge in [0.2, 0.25) is 0 Å². The summed E-state index contributed by atoms with van der Waals surface area (Å²) in [7, 11) is 3.70. The lowest BCUT2D eigenvalue weighted by Crippen LogP contribution is -2.46. The lowest BCUT2D eigenvalue weighted by atomic mass is 10.1. The fourth-order valence-corrected chi connectivity index (χ4v) is 2.35. The summed E-state index contributed by atoms with van der Waals surface area (Å²) < 4.78 is 5.12. The van der Waals surface area contributed by atoms with Crippen molar-refractivity contribution in [3.8, 4) is 5.75 Å². The number of rotatable bonds is 5. The van der Waals surface area contributed by atoms with Gasteiger partial charge in [-0.25, -0.2) is 0 Å². The van der Waals surface area contributed by atoms with E-state index in [1.807, 2.05) is 0 Å². The lowest BCUT2D eigenvalue weighted by molar-refractivity contribution is 0.0941. The van der Waals surface area contributed by atoms with Crippen LogP contribution in [0.1, 0.15) is 10.4 Å². The SMILES string of the molecule is COc1ccc(N)c(C(=O)NCCN2CCN(C)CC2)c1. The van der Waals surface area contributed by atoms with E-state index < -0.39 is 0 Å². The molecule has 0 saturated carbocycles. The Kier molecular flexibility index (Phi) is 5.41. The van der Waals surface area contributed by atoms with Crippen molar-refractivity contribution in [2.45, 2.75) is 0 Å². The number of amides is 1. The van der Waals surface area contributed by atoms with Gasteiger partial charge in [-0.3, -0.25) is 9.69 Å². The number of nitrogens with zero attached hydrogens (tertiary/aromatic N) is 2. The van der Waals surface area contributed by atoms with Crippen LogP contribution < -0.4 is 15.8 Å². The quantitative estimate of drug-likeness (QED) is 0.762. The first-order valence-corrected chi connectivity index (χ1v) is 7.23. The normalized spacial score (nSPS) is 16.7. The predicted molar refractivity (Wildman–Crippen MR) is 83.7 cm³/mol. The third-order valence-electron chi connectivity index (χ3n) is 3.81. The molecular formula is C15H24N4O2. The molecule has 0 aliphatic carbocycles. The van der Waals surface area contributed by atoms with Crippen LogP contribution in [0.2, 0.25) is 0 Å². The number of nitrogens with one attached hydrogen (secondary N) is 1. The molecule has 0 spiro atoms. The van der Waals surface area contributed by atoms with E-state index in [-0.39, 0.29) is 5.91 Å². The first-order chi connectivity index (χ1) is 10.1. The molecule has 0 bridgehead atoms. The molecule has 0 aromatic heterocycles. The molecule has 21 heavy (non-hydrogen) atoms. The van der Waals surface area contributed by atoms with Gasteiger partial charge in [0.25, 0.3) is 5.91 Å². The number of nitrogen functional groups attached to an aromatic ring is 1. The van der Waals surface area contributed by atoms with E-state index >= 15 is 0 Å². The highest BCUT2D eigenvalue weighted by Gasteiger charge is 2.14. The Hall–Kier alpha value is -1.79. The Morgan fingerprint density at radius 2 is 2.05 bits per heavy atom. The fraction of sp³-hybridized carbons (Fsp3) is 0.533. The van der Waals surface area contributed by atoms with E-state index in [2.05, 4.69) is 22.2 Å². The van der Waals surface area contributed by atoms with E-state index in [1.165, 1.54) is 0 Å². The van der Waals surface area contributed by atoms with Gasteiger partial charge in [0.15, 0.2) is 0 Å². The number of ether oxygens (including phenoxy) is 1. The second kappa shape index (κ2) is 7.28. The molecular weight excluding hydrogens is 268 g/mol. The Labute approximate surface area is 125 Å². The summed E-state index contributed by atoms with van der Waals surface area (Å²) in [5, 5.41) is 2.92. The molecule has 0 radical (unpaired) electrons. The van der Waals surface area contributed by atoms with E-state index in [9.17, 15) is 4.79 Å². The summed E-state index contributed by atoms with van der Waals surface area (Å²) in [6, 6.07) is 5.10. The van der Waals surface area contributed by atoms with Crippen molar-refractivity contribution < 1.29 is 9.53 Å². The Bertz CT molecular complexity index is 485. The number of carbonyl (C=O) groups excluding carboxylic acids is 1. The van der Waals surface area contributed by atoms with Crippen molar-refractivity contribution in [2.24, 2.45) is 0 Å². The van der Waals surface area contributed by atoms with Crippen LogP contribution in [-0.4, -0.2) is 69.1 Å². The lowest BCUT2D eigenvalue weighted by Gasteiger charge is -2.32. The smallest absolute Gasteiger partial charge is 0.253 e. The van der Waals surface area contributed by atoms with Crippen LogP contribution in [0, 0.1) is 0 Å². The summed E-state index contributed by atoms with van der Waals surface area (Å²) in [5.74, 6) is 0.481. The van der Waals surface area contributed by atoms with Gasteiger partial charge in [0, 0.05) is 45.0 Å². The van der Waals surface area contributed by atoms with Crippen molar-refractivity contribution in [1.82, 2.24) is 15.1 Å². The van der Waals surface area contributed by atoms with Crippen LogP contribution in [0.25, 0.3) is 0 Å². The minimum Gasteiger partial charge on any atom is -0.497 e. The predicted octanol–water partition coefficient (Wildman–Crippen LogP) is 0.255. The number of benzene rings is 1. The topological polar surface area (TPSA) is 70.8 Å². The summed E-state index contributed by atoms with van der Waals surface area (Å²) in [6.07, 6.45) is 0. The van der Waals surface area contributed by atoms with Gasteiger partial charge in [0.05, 0.1) is 12.7 Å². The molecule has 3 N–H and O–H groups in total.